The van der Waals surface area contributed by atoms with Gasteiger partial charge in [0.05, 0.1) is 0 Å². The number of aromatic nitrogens is 2. The quantitative estimate of drug-likeness (QED) is 0.121. The van der Waals surface area contributed by atoms with Crippen LogP contribution in [-0.2, 0) is 0 Å². The molecule has 8 aromatic rings. The number of para-hydroxylation sites is 3. The number of imidazole rings is 1. The number of hydrogen-bond donors (Lipinski definition) is 0. The molecule has 4 heteroatoms. The van der Waals surface area contributed by atoms with E-state index in [-0.39, 0.29) is 0 Å². The van der Waals surface area contributed by atoms with Crippen LogP contribution in [0.1, 0.15) is 0 Å². The predicted molar refractivity (Wildman–Crippen MR) is 170 cm³/mol. The molecule has 0 aliphatic heterocycles. The average molecular weight is 582 g/mol. The Morgan fingerprint density at radius 2 is 1.05 bits per heavy atom. The van der Waals surface area contributed by atoms with Crippen molar-refractivity contribution in [3.63, 3.8) is 0 Å². The van der Waals surface area contributed by atoms with Crippen LogP contribution >= 0.6 is 5.51 Å². The first-order valence-corrected chi connectivity index (χ1v) is 17.1. The molecule has 2 heterocycles. The molecule has 0 aliphatic carbocycles. The third-order valence-electron chi connectivity index (χ3n) is 7.82. The van der Waals surface area contributed by atoms with Gasteiger partial charge >= 0.3 is 235 Å². The zero-order chi connectivity index (χ0) is 26.0. The minimum atomic E-state index is -2.10. The summed E-state index contributed by atoms with van der Waals surface area (Å²) >= 11 is 3.79. The van der Waals surface area contributed by atoms with Crippen molar-refractivity contribution in [3.05, 3.63) is 140 Å². The molecular formula is C35H23N2PSe. The van der Waals surface area contributed by atoms with Crippen LogP contribution in [0.4, 0.5) is 0 Å². The van der Waals surface area contributed by atoms with Crippen molar-refractivity contribution in [2.75, 3.05) is 0 Å². The molecule has 0 unspecified atom stereocenters. The first-order valence-electron chi connectivity index (χ1n) is 13.1. The van der Waals surface area contributed by atoms with Gasteiger partial charge in [-0.1, -0.05) is 0 Å². The maximum atomic E-state index is 5.22. The van der Waals surface area contributed by atoms with Gasteiger partial charge in [0, 0.05) is 0 Å². The molecule has 2 nitrogen and oxygen atoms in total. The summed E-state index contributed by atoms with van der Waals surface area (Å²) in [5.41, 5.74) is 2.25. The SMILES string of the molecule is [Se]=P(c1ccccc1)(c1ccccc1)c1cc2c3ccccc3n3c4ccccc4nc3c2c2ccccc12. The number of pyridine rings is 1. The van der Waals surface area contributed by atoms with Crippen molar-refractivity contribution in [1.82, 2.24) is 9.38 Å². The molecule has 2 aromatic heterocycles. The predicted octanol–water partition coefficient (Wildman–Crippen LogP) is 7.32. The second kappa shape index (κ2) is 8.76. The number of rotatable bonds is 3. The van der Waals surface area contributed by atoms with Crippen LogP contribution in [0.15, 0.2) is 140 Å². The van der Waals surface area contributed by atoms with Gasteiger partial charge in [-0.15, -0.1) is 0 Å². The van der Waals surface area contributed by atoms with E-state index in [1.54, 1.807) is 0 Å². The van der Waals surface area contributed by atoms with E-state index in [2.05, 4.69) is 159 Å². The normalized spacial score (nSPS) is 12.2. The van der Waals surface area contributed by atoms with Crippen LogP contribution in [0.25, 0.3) is 49.1 Å². The molecule has 0 atom stereocenters. The molecule has 6 aromatic carbocycles. The molecule has 0 radical (unpaired) electrons. The van der Waals surface area contributed by atoms with Gasteiger partial charge in [-0.3, -0.25) is 0 Å². The maximum absolute atomic E-state index is 5.22. The fourth-order valence-electron chi connectivity index (χ4n) is 6.11. The summed E-state index contributed by atoms with van der Waals surface area (Å²) in [4.78, 5) is 5.22. The molecule has 184 valence electrons. The summed E-state index contributed by atoms with van der Waals surface area (Å²) in [5.74, 6) is 0. The van der Waals surface area contributed by atoms with Gasteiger partial charge in [0.15, 0.2) is 0 Å². The number of benzene rings is 6. The summed E-state index contributed by atoms with van der Waals surface area (Å²) < 4.78 is 2.34. The number of fused-ring (bicyclic) bond motifs is 10. The molecule has 8 rings (SSSR count). The van der Waals surface area contributed by atoms with Crippen molar-refractivity contribution in [2.45, 2.75) is 0 Å². The van der Waals surface area contributed by atoms with E-state index in [0.717, 1.165) is 16.7 Å². The van der Waals surface area contributed by atoms with Crippen LogP contribution in [0.5, 0.6) is 0 Å². The van der Waals surface area contributed by atoms with E-state index < -0.39 is 5.51 Å². The molecule has 0 fully saturated rings. The van der Waals surface area contributed by atoms with E-state index in [1.807, 2.05) is 0 Å². The minimum absolute atomic E-state index is 1.01. The van der Waals surface area contributed by atoms with Crippen molar-refractivity contribution in [1.29, 1.82) is 0 Å². The van der Waals surface area contributed by atoms with Crippen LogP contribution in [0.2, 0.25) is 0 Å². The van der Waals surface area contributed by atoms with E-state index in [1.165, 1.54) is 48.4 Å². The number of hydrogen-bond acceptors (Lipinski definition) is 1. The van der Waals surface area contributed by atoms with Crippen LogP contribution in [-0.4, -0.2) is 24.5 Å². The fourth-order valence-corrected chi connectivity index (χ4v) is 11.5. The second-order valence-electron chi connectivity index (χ2n) is 9.92. The Balaban J connectivity index is 1.64. The third-order valence-corrected chi connectivity index (χ3v) is 14.8. The van der Waals surface area contributed by atoms with E-state index in [0.29, 0.717) is 0 Å². The summed E-state index contributed by atoms with van der Waals surface area (Å²) in [6, 6.07) is 50.5. The topological polar surface area (TPSA) is 17.3 Å². The Labute approximate surface area is 233 Å². The zero-order valence-corrected chi connectivity index (χ0v) is 23.6. The Morgan fingerprint density at radius 1 is 0.513 bits per heavy atom. The molecule has 0 amide bonds. The third kappa shape index (κ3) is 3.28. The first-order chi connectivity index (χ1) is 19.2. The fraction of sp³-hybridized carbons (Fsp3) is 0. The molecule has 0 N–H and O–H groups in total. The monoisotopic (exact) mass is 582 g/mol. The molecule has 0 aliphatic rings. The Bertz CT molecular complexity index is 2210. The van der Waals surface area contributed by atoms with Crippen molar-refractivity contribution >= 4 is 85.6 Å². The van der Waals surface area contributed by atoms with Crippen molar-refractivity contribution in [3.8, 4) is 0 Å². The van der Waals surface area contributed by atoms with Crippen molar-refractivity contribution < 1.29 is 0 Å². The first kappa shape index (κ1) is 22.9. The summed E-state index contributed by atoms with van der Waals surface area (Å²) in [6.07, 6.45) is 0. The van der Waals surface area contributed by atoms with E-state index >= 15 is 0 Å². The van der Waals surface area contributed by atoms with E-state index in [9.17, 15) is 0 Å². The molecule has 39 heavy (non-hydrogen) atoms. The van der Waals surface area contributed by atoms with Gasteiger partial charge in [0.1, 0.15) is 0 Å². The van der Waals surface area contributed by atoms with Crippen LogP contribution in [0.3, 0.4) is 0 Å². The second-order valence-corrected chi connectivity index (χ2v) is 16.1. The van der Waals surface area contributed by atoms with Gasteiger partial charge in [-0.2, -0.15) is 0 Å². The standard InChI is InChI=1S/C35H23N2PSe/c39-38(24-13-3-1-4-14-24,25-15-5-2-6-16-25)33-23-29-26-17-9-11-21-31(26)37-32-22-12-10-20-30(32)36-35(37)34(29)28-19-8-7-18-27(28)33/h1-23H. The average Bonchev–Trinajstić information content (AvgIpc) is 3.41. The molecule has 0 saturated carbocycles. The summed E-state index contributed by atoms with van der Waals surface area (Å²) in [5, 5.41) is 10.2. The molecule has 0 spiro atoms. The Hall–Kier alpha value is -4.00. The Morgan fingerprint density at radius 3 is 1.74 bits per heavy atom. The van der Waals surface area contributed by atoms with E-state index in [4.69, 9.17) is 4.98 Å². The van der Waals surface area contributed by atoms with Gasteiger partial charge < -0.3 is 0 Å². The molecule has 0 saturated heterocycles. The van der Waals surface area contributed by atoms with Crippen LogP contribution < -0.4 is 15.9 Å². The summed E-state index contributed by atoms with van der Waals surface area (Å²) in [6.45, 7) is 0. The van der Waals surface area contributed by atoms with Crippen molar-refractivity contribution in [2.24, 2.45) is 0 Å². The van der Waals surface area contributed by atoms with Crippen LogP contribution in [0, 0.1) is 0 Å². The van der Waals surface area contributed by atoms with Gasteiger partial charge in [0.25, 0.3) is 0 Å². The number of nitrogens with zero attached hydrogens (tertiary/aromatic N) is 2. The van der Waals surface area contributed by atoms with Gasteiger partial charge in [-0.25, -0.2) is 0 Å². The summed E-state index contributed by atoms with van der Waals surface area (Å²) in [7, 11) is 0. The molecular weight excluding hydrogens is 558 g/mol. The molecule has 0 bridgehead atoms. The van der Waals surface area contributed by atoms with Gasteiger partial charge in [-0.05, 0) is 0 Å². The van der Waals surface area contributed by atoms with Gasteiger partial charge in [0.2, 0.25) is 0 Å². The Kier molecular flexibility index (Phi) is 5.15. The zero-order valence-electron chi connectivity index (χ0n) is 21.0.